The molecule has 1 aromatic carbocycles. The minimum absolute atomic E-state index is 0.0910. The van der Waals surface area contributed by atoms with E-state index in [2.05, 4.69) is 4.98 Å². The Balaban J connectivity index is 2.34. The van der Waals surface area contributed by atoms with Gasteiger partial charge in [0.15, 0.2) is 0 Å². The van der Waals surface area contributed by atoms with Gasteiger partial charge in [0.25, 0.3) is 0 Å². The second-order valence-electron chi connectivity index (χ2n) is 3.65. The van der Waals surface area contributed by atoms with Crippen LogP contribution in [0.15, 0.2) is 36.5 Å². The highest BCUT2D eigenvalue weighted by Crippen LogP contribution is 2.31. The number of aromatic nitrogens is 1. The fourth-order valence-corrected chi connectivity index (χ4v) is 1.50. The van der Waals surface area contributed by atoms with E-state index in [0.717, 1.165) is 5.56 Å². The van der Waals surface area contributed by atoms with Gasteiger partial charge in [0.05, 0.1) is 9.95 Å². The lowest BCUT2D eigenvalue weighted by atomic mass is 10.2. The summed E-state index contributed by atoms with van der Waals surface area (Å²) >= 11 is 5.69. The summed E-state index contributed by atoms with van der Waals surface area (Å²) in [6, 6.07) is 7.88. The van der Waals surface area contributed by atoms with Crippen LogP contribution in [0.4, 0.5) is 5.69 Å². The van der Waals surface area contributed by atoms with Gasteiger partial charge in [0.1, 0.15) is 0 Å². The van der Waals surface area contributed by atoms with Gasteiger partial charge >= 0.3 is 5.69 Å². The Kier molecular flexibility index (Phi) is 3.43. The number of nitro benzene ring substituents is 1. The number of pyridine rings is 1. The first kappa shape index (κ1) is 12.3. The summed E-state index contributed by atoms with van der Waals surface area (Å²) in [7, 11) is 0. The van der Waals surface area contributed by atoms with Crippen molar-refractivity contribution in [3.63, 3.8) is 0 Å². The molecule has 0 unspecified atom stereocenters. The van der Waals surface area contributed by atoms with Crippen molar-refractivity contribution in [2.24, 2.45) is 0 Å². The monoisotopic (exact) mass is 264 g/mol. The highest BCUT2D eigenvalue weighted by molar-refractivity contribution is 6.30. The highest BCUT2D eigenvalue weighted by atomic mass is 35.5. The average Bonchev–Trinajstić information content (AvgIpc) is 2.34. The number of halogens is 1. The van der Waals surface area contributed by atoms with Crippen molar-refractivity contribution in [3.05, 3.63) is 57.2 Å². The largest absolute Gasteiger partial charge is 0.432 e. The lowest BCUT2D eigenvalue weighted by Crippen LogP contribution is -1.95. The van der Waals surface area contributed by atoms with E-state index in [4.69, 9.17) is 16.3 Å². The van der Waals surface area contributed by atoms with Crippen LogP contribution in [0.2, 0.25) is 5.02 Å². The molecule has 5 nitrogen and oxygen atoms in total. The van der Waals surface area contributed by atoms with Crippen LogP contribution in [0.5, 0.6) is 11.6 Å². The Labute approximate surface area is 108 Å². The Morgan fingerprint density at radius 2 is 2.11 bits per heavy atom. The number of hydrogen-bond acceptors (Lipinski definition) is 4. The van der Waals surface area contributed by atoms with Gasteiger partial charge in [0, 0.05) is 18.3 Å². The van der Waals surface area contributed by atoms with Gasteiger partial charge in [-0.3, -0.25) is 10.1 Å². The number of nitrogens with zero attached hydrogens (tertiary/aromatic N) is 2. The zero-order valence-corrected chi connectivity index (χ0v) is 10.2. The van der Waals surface area contributed by atoms with Crippen LogP contribution in [0.25, 0.3) is 0 Å². The number of hydrogen-bond donors (Lipinski definition) is 0. The summed E-state index contributed by atoms with van der Waals surface area (Å²) in [5, 5.41) is 11.4. The third kappa shape index (κ3) is 2.75. The maximum atomic E-state index is 10.9. The van der Waals surface area contributed by atoms with Crippen molar-refractivity contribution >= 4 is 17.3 Å². The Bertz CT molecular complexity index is 584. The van der Waals surface area contributed by atoms with Crippen LogP contribution >= 0.6 is 11.6 Å². The Morgan fingerprint density at radius 1 is 1.33 bits per heavy atom. The zero-order valence-electron chi connectivity index (χ0n) is 9.46. The molecule has 0 aliphatic carbocycles. The standard InChI is InChI=1S/C12H9ClN2O3/c1-8-2-4-11(10(6-8)15(16)17)18-12-5-3-9(13)7-14-12/h2-7H,1H3. The van der Waals surface area contributed by atoms with Gasteiger partial charge in [0.2, 0.25) is 11.6 Å². The van der Waals surface area contributed by atoms with Crippen molar-refractivity contribution < 1.29 is 9.66 Å². The molecule has 0 saturated carbocycles. The molecule has 92 valence electrons. The minimum atomic E-state index is -0.488. The molecule has 0 saturated heterocycles. The SMILES string of the molecule is Cc1ccc(Oc2ccc(Cl)cn2)c([N+](=O)[O-])c1. The third-order valence-electron chi connectivity index (χ3n) is 2.23. The smallest absolute Gasteiger partial charge is 0.311 e. The van der Waals surface area contributed by atoms with Crippen LogP contribution < -0.4 is 4.74 Å². The molecule has 0 bridgehead atoms. The van der Waals surface area contributed by atoms with Crippen LogP contribution in [0.1, 0.15) is 5.56 Å². The fourth-order valence-electron chi connectivity index (χ4n) is 1.39. The second-order valence-corrected chi connectivity index (χ2v) is 4.08. The maximum absolute atomic E-state index is 10.9. The van der Waals surface area contributed by atoms with Crippen molar-refractivity contribution in [1.82, 2.24) is 4.98 Å². The van der Waals surface area contributed by atoms with E-state index in [1.165, 1.54) is 12.3 Å². The van der Waals surface area contributed by atoms with E-state index >= 15 is 0 Å². The molecule has 1 aromatic heterocycles. The minimum Gasteiger partial charge on any atom is -0.432 e. The first-order valence-corrected chi connectivity index (χ1v) is 5.48. The van der Waals surface area contributed by atoms with Gasteiger partial charge < -0.3 is 4.74 Å². The van der Waals surface area contributed by atoms with Crippen molar-refractivity contribution in [2.45, 2.75) is 6.92 Å². The molecule has 0 aliphatic heterocycles. The van der Waals surface area contributed by atoms with Gasteiger partial charge in [-0.1, -0.05) is 17.7 Å². The van der Waals surface area contributed by atoms with Crippen molar-refractivity contribution in [2.75, 3.05) is 0 Å². The number of nitro groups is 1. The number of benzene rings is 1. The van der Waals surface area contributed by atoms with E-state index in [-0.39, 0.29) is 17.3 Å². The van der Waals surface area contributed by atoms with Gasteiger partial charge in [-0.25, -0.2) is 4.98 Å². The lowest BCUT2D eigenvalue weighted by molar-refractivity contribution is -0.385. The Hall–Kier alpha value is -2.14. The second kappa shape index (κ2) is 5.01. The number of ether oxygens (including phenoxy) is 1. The van der Waals surface area contributed by atoms with E-state index in [1.54, 1.807) is 31.2 Å². The summed E-state index contributed by atoms with van der Waals surface area (Å²) in [5.74, 6) is 0.409. The average molecular weight is 265 g/mol. The van der Waals surface area contributed by atoms with E-state index in [0.29, 0.717) is 5.02 Å². The van der Waals surface area contributed by atoms with E-state index < -0.39 is 4.92 Å². The van der Waals surface area contributed by atoms with Crippen LogP contribution in [-0.4, -0.2) is 9.91 Å². The molecule has 1 heterocycles. The topological polar surface area (TPSA) is 65.3 Å². The molecule has 0 fully saturated rings. The molecule has 18 heavy (non-hydrogen) atoms. The van der Waals surface area contributed by atoms with E-state index in [9.17, 15) is 10.1 Å². The maximum Gasteiger partial charge on any atom is 0.311 e. The molecule has 0 spiro atoms. The molecule has 0 amide bonds. The summed E-state index contributed by atoms with van der Waals surface area (Å²) < 4.78 is 5.37. The fraction of sp³-hybridized carbons (Fsp3) is 0.0833. The summed E-state index contributed by atoms with van der Waals surface area (Å²) in [5.41, 5.74) is 0.699. The van der Waals surface area contributed by atoms with Crippen LogP contribution in [0.3, 0.4) is 0 Å². The van der Waals surface area contributed by atoms with Crippen LogP contribution in [-0.2, 0) is 0 Å². The molecular formula is C12H9ClN2O3. The van der Waals surface area contributed by atoms with E-state index in [1.807, 2.05) is 0 Å². The summed E-state index contributed by atoms with van der Waals surface area (Å²) in [4.78, 5) is 14.3. The molecule has 2 aromatic rings. The predicted octanol–water partition coefficient (Wildman–Crippen LogP) is 3.74. The Morgan fingerprint density at radius 3 is 2.72 bits per heavy atom. The molecular weight excluding hydrogens is 256 g/mol. The summed E-state index contributed by atoms with van der Waals surface area (Å²) in [6.45, 7) is 1.78. The molecule has 0 atom stereocenters. The third-order valence-corrected chi connectivity index (χ3v) is 2.45. The first-order chi connectivity index (χ1) is 8.56. The quantitative estimate of drug-likeness (QED) is 0.626. The van der Waals surface area contributed by atoms with Gasteiger partial charge in [-0.2, -0.15) is 0 Å². The number of aryl methyl sites for hydroxylation is 1. The zero-order chi connectivity index (χ0) is 13.1. The molecule has 2 rings (SSSR count). The van der Waals surface area contributed by atoms with Gasteiger partial charge in [-0.15, -0.1) is 0 Å². The normalized spacial score (nSPS) is 10.1. The van der Waals surface area contributed by atoms with Crippen molar-refractivity contribution in [1.29, 1.82) is 0 Å². The molecule has 0 aliphatic rings. The molecule has 6 heteroatoms. The summed E-state index contributed by atoms with van der Waals surface area (Å²) in [6.07, 6.45) is 1.41. The number of rotatable bonds is 3. The van der Waals surface area contributed by atoms with Crippen LogP contribution in [0, 0.1) is 17.0 Å². The highest BCUT2D eigenvalue weighted by Gasteiger charge is 2.16. The molecule has 0 N–H and O–H groups in total. The van der Waals surface area contributed by atoms with Gasteiger partial charge in [-0.05, 0) is 24.6 Å². The predicted molar refractivity (Wildman–Crippen MR) is 67.2 cm³/mol. The van der Waals surface area contributed by atoms with Crippen molar-refractivity contribution in [3.8, 4) is 11.6 Å². The first-order valence-electron chi connectivity index (χ1n) is 5.11. The molecule has 0 radical (unpaired) electrons. The lowest BCUT2D eigenvalue weighted by Gasteiger charge is -2.05.